The van der Waals surface area contributed by atoms with Crippen molar-refractivity contribution in [2.24, 2.45) is 13.0 Å². The molecule has 0 atom stereocenters. The van der Waals surface area contributed by atoms with Crippen LogP contribution >= 0.6 is 0 Å². The van der Waals surface area contributed by atoms with Crippen molar-refractivity contribution in [2.45, 2.75) is 6.42 Å². The van der Waals surface area contributed by atoms with Gasteiger partial charge in [-0.1, -0.05) is 0 Å². The fourth-order valence-electron chi connectivity index (χ4n) is 1.55. The number of nitrogens with zero attached hydrogens (tertiary/aromatic N) is 2. The van der Waals surface area contributed by atoms with Crippen LogP contribution in [0.15, 0.2) is 12.4 Å². The zero-order chi connectivity index (χ0) is 10.7. The summed E-state index contributed by atoms with van der Waals surface area (Å²) in [7, 11) is 1.89. The predicted octanol–water partition coefficient (Wildman–Crippen LogP) is -0.702. The van der Waals surface area contributed by atoms with Crippen molar-refractivity contribution in [3.8, 4) is 0 Å². The van der Waals surface area contributed by atoms with Crippen LogP contribution in [0.1, 0.15) is 5.56 Å². The van der Waals surface area contributed by atoms with Gasteiger partial charge in [-0.25, -0.2) is 0 Å². The van der Waals surface area contributed by atoms with Gasteiger partial charge in [0.2, 0.25) is 5.91 Å². The molecule has 0 spiro atoms. The second-order valence-corrected chi connectivity index (χ2v) is 3.92. The highest BCUT2D eigenvalue weighted by atomic mass is 16.2. The summed E-state index contributed by atoms with van der Waals surface area (Å²) >= 11 is 0. The number of hydrogen-bond donors (Lipinski definition) is 2. The number of rotatable bonds is 4. The Balaban J connectivity index is 1.68. The van der Waals surface area contributed by atoms with Gasteiger partial charge in [-0.2, -0.15) is 5.10 Å². The lowest BCUT2D eigenvalue weighted by Gasteiger charge is -2.25. The summed E-state index contributed by atoms with van der Waals surface area (Å²) in [6, 6.07) is 0. The molecule has 2 heterocycles. The molecular formula is C10H16N4O. The van der Waals surface area contributed by atoms with Gasteiger partial charge in [0, 0.05) is 32.9 Å². The van der Waals surface area contributed by atoms with E-state index in [4.69, 9.17) is 0 Å². The standard InChI is InChI=1S/C10H16N4O/c1-14-7-8(4-13-14)2-3-12-10(15)9-5-11-6-9/h4,7,9,11H,2-3,5-6H2,1H3,(H,12,15). The highest BCUT2D eigenvalue weighted by Crippen LogP contribution is 2.02. The fourth-order valence-corrected chi connectivity index (χ4v) is 1.55. The minimum absolute atomic E-state index is 0.164. The molecule has 1 aliphatic rings. The van der Waals surface area contributed by atoms with Crippen LogP contribution in [0.25, 0.3) is 0 Å². The molecule has 0 radical (unpaired) electrons. The highest BCUT2D eigenvalue weighted by Gasteiger charge is 2.23. The monoisotopic (exact) mass is 208 g/mol. The summed E-state index contributed by atoms with van der Waals surface area (Å²) in [4.78, 5) is 11.4. The number of aromatic nitrogens is 2. The van der Waals surface area contributed by atoms with Crippen LogP contribution in [-0.4, -0.2) is 35.3 Å². The molecule has 15 heavy (non-hydrogen) atoms. The molecule has 1 saturated heterocycles. The average Bonchev–Trinajstić information content (AvgIpc) is 2.48. The molecule has 5 nitrogen and oxygen atoms in total. The number of aryl methyl sites for hydroxylation is 1. The number of nitrogens with one attached hydrogen (secondary N) is 2. The molecule has 0 unspecified atom stereocenters. The number of amides is 1. The SMILES string of the molecule is Cn1cc(CCNC(=O)C2CNC2)cn1. The lowest BCUT2D eigenvalue weighted by atomic mass is 10.0. The van der Waals surface area contributed by atoms with Crippen molar-refractivity contribution in [3.05, 3.63) is 18.0 Å². The lowest BCUT2D eigenvalue weighted by Crippen LogP contribution is -2.51. The van der Waals surface area contributed by atoms with Gasteiger partial charge in [0.05, 0.1) is 12.1 Å². The van der Waals surface area contributed by atoms with Crippen LogP contribution < -0.4 is 10.6 Å². The van der Waals surface area contributed by atoms with Crippen molar-refractivity contribution in [2.75, 3.05) is 19.6 Å². The first-order chi connectivity index (χ1) is 7.25. The molecular weight excluding hydrogens is 192 g/mol. The van der Waals surface area contributed by atoms with Gasteiger partial charge >= 0.3 is 0 Å². The maximum Gasteiger partial charge on any atom is 0.225 e. The van der Waals surface area contributed by atoms with E-state index in [0.717, 1.165) is 25.1 Å². The molecule has 1 amide bonds. The third-order valence-electron chi connectivity index (χ3n) is 2.62. The Bertz CT molecular complexity index is 343. The van der Waals surface area contributed by atoms with Gasteiger partial charge in [-0.3, -0.25) is 9.48 Å². The fraction of sp³-hybridized carbons (Fsp3) is 0.600. The maximum atomic E-state index is 11.4. The minimum Gasteiger partial charge on any atom is -0.355 e. The van der Waals surface area contributed by atoms with Gasteiger partial charge in [-0.15, -0.1) is 0 Å². The van der Waals surface area contributed by atoms with Crippen molar-refractivity contribution in [1.29, 1.82) is 0 Å². The molecule has 1 aliphatic heterocycles. The second-order valence-electron chi connectivity index (χ2n) is 3.92. The molecule has 0 saturated carbocycles. The molecule has 5 heteroatoms. The molecule has 82 valence electrons. The molecule has 0 aliphatic carbocycles. The van der Waals surface area contributed by atoms with Crippen LogP contribution in [0.2, 0.25) is 0 Å². The van der Waals surface area contributed by atoms with Crippen molar-refractivity contribution in [1.82, 2.24) is 20.4 Å². The van der Waals surface area contributed by atoms with Crippen molar-refractivity contribution < 1.29 is 4.79 Å². The third kappa shape index (κ3) is 2.56. The zero-order valence-electron chi connectivity index (χ0n) is 8.86. The van der Waals surface area contributed by atoms with E-state index >= 15 is 0 Å². The molecule has 1 aromatic rings. The van der Waals surface area contributed by atoms with Gasteiger partial charge in [-0.05, 0) is 12.0 Å². The van der Waals surface area contributed by atoms with E-state index in [-0.39, 0.29) is 11.8 Å². The van der Waals surface area contributed by atoms with Crippen molar-refractivity contribution in [3.63, 3.8) is 0 Å². The van der Waals surface area contributed by atoms with Crippen LogP contribution in [0.3, 0.4) is 0 Å². The Morgan fingerprint density at radius 2 is 2.53 bits per heavy atom. The van der Waals surface area contributed by atoms with Crippen LogP contribution in [0.4, 0.5) is 0 Å². The normalized spacial score (nSPS) is 16.1. The summed E-state index contributed by atoms with van der Waals surface area (Å²) < 4.78 is 1.77. The van der Waals surface area contributed by atoms with Crippen molar-refractivity contribution >= 4 is 5.91 Å². The van der Waals surface area contributed by atoms with Crippen LogP contribution in [-0.2, 0) is 18.3 Å². The summed E-state index contributed by atoms with van der Waals surface area (Å²) in [6.45, 7) is 2.33. The summed E-state index contributed by atoms with van der Waals surface area (Å²) in [5.74, 6) is 0.344. The topological polar surface area (TPSA) is 59.0 Å². The number of carbonyl (C=O) groups excluding carboxylic acids is 1. The van der Waals surface area contributed by atoms with E-state index in [0.29, 0.717) is 6.54 Å². The number of carbonyl (C=O) groups is 1. The Labute approximate surface area is 88.8 Å². The molecule has 1 aromatic heterocycles. The average molecular weight is 208 g/mol. The predicted molar refractivity (Wildman–Crippen MR) is 56.3 cm³/mol. The molecule has 0 bridgehead atoms. The molecule has 0 aromatic carbocycles. The third-order valence-corrected chi connectivity index (χ3v) is 2.62. The second kappa shape index (κ2) is 4.44. The number of hydrogen-bond acceptors (Lipinski definition) is 3. The molecule has 2 rings (SSSR count). The summed E-state index contributed by atoms with van der Waals surface area (Å²) in [5, 5.41) is 10.1. The smallest absolute Gasteiger partial charge is 0.225 e. The Kier molecular flexibility index (Phi) is 3.01. The van der Waals surface area contributed by atoms with E-state index in [1.165, 1.54) is 0 Å². The first-order valence-corrected chi connectivity index (χ1v) is 5.21. The summed E-state index contributed by atoms with van der Waals surface area (Å²) in [6.07, 6.45) is 4.65. The van der Waals surface area contributed by atoms with E-state index in [9.17, 15) is 4.79 Å². The quantitative estimate of drug-likeness (QED) is 0.688. The first kappa shape index (κ1) is 10.2. The molecule has 2 N–H and O–H groups in total. The van der Waals surface area contributed by atoms with Gasteiger partial charge in [0.15, 0.2) is 0 Å². The van der Waals surface area contributed by atoms with Crippen LogP contribution in [0.5, 0.6) is 0 Å². The summed E-state index contributed by atoms with van der Waals surface area (Å²) in [5.41, 5.74) is 1.16. The van der Waals surface area contributed by atoms with Crippen LogP contribution in [0, 0.1) is 5.92 Å². The van der Waals surface area contributed by atoms with Gasteiger partial charge in [0.1, 0.15) is 0 Å². The van der Waals surface area contributed by atoms with Gasteiger partial charge in [0.25, 0.3) is 0 Å². The lowest BCUT2D eigenvalue weighted by molar-refractivity contribution is -0.126. The minimum atomic E-state index is 0.164. The first-order valence-electron chi connectivity index (χ1n) is 5.21. The van der Waals surface area contributed by atoms with E-state index < -0.39 is 0 Å². The Hall–Kier alpha value is -1.36. The van der Waals surface area contributed by atoms with Gasteiger partial charge < -0.3 is 10.6 Å². The van der Waals surface area contributed by atoms with E-state index in [1.54, 1.807) is 4.68 Å². The Morgan fingerprint density at radius 3 is 3.07 bits per heavy atom. The zero-order valence-corrected chi connectivity index (χ0v) is 8.86. The van der Waals surface area contributed by atoms with E-state index in [1.807, 2.05) is 19.4 Å². The van der Waals surface area contributed by atoms with E-state index in [2.05, 4.69) is 15.7 Å². The largest absolute Gasteiger partial charge is 0.355 e. The Morgan fingerprint density at radius 1 is 1.73 bits per heavy atom. The highest BCUT2D eigenvalue weighted by molar-refractivity contribution is 5.79. The molecule has 1 fully saturated rings. The maximum absolute atomic E-state index is 11.4.